The predicted octanol–water partition coefficient (Wildman–Crippen LogP) is 3.44. The van der Waals surface area contributed by atoms with Crippen molar-refractivity contribution in [3.63, 3.8) is 0 Å². The van der Waals surface area contributed by atoms with Gasteiger partial charge in [0.1, 0.15) is 11.4 Å². The highest BCUT2D eigenvalue weighted by Crippen LogP contribution is 2.46. The zero-order valence-corrected chi connectivity index (χ0v) is 15.8. The van der Waals surface area contributed by atoms with Crippen molar-refractivity contribution in [2.45, 2.75) is 56.2 Å². The van der Waals surface area contributed by atoms with Crippen molar-refractivity contribution in [2.24, 2.45) is 5.73 Å². The molecule has 1 saturated carbocycles. The van der Waals surface area contributed by atoms with Gasteiger partial charge in [0.05, 0.1) is 12.1 Å². The molecule has 3 rings (SSSR count). The van der Waals surface area contributed by atoms with Gasteiger partial charge in [-0.1, -0.05) is 18.2 Å². The first kappa shape index (κ1) is 19.4. The number of fused-ring (bicyclic) bond motifs is 1. The summed E-state index contributed by atoms with van der Waals surface area (Å²) < 4.78 is 6.33. The van der Waals surface area contributed by atoms with E-state index in [1.54, 1.807) is 11.8 Å². The molecule has 0 saturated heterocycles. The molecule has 2 aliphatic rings. The third kappa shape index (κ3) is 4.19. The molecule has 3 N–H and O–H groups in total. The van der Waals surface area contributed by atoms with E-state index in [9.17, 15) is 4.79 Å². The van der Waals surface area contributed by atoms with E-state index in [0.29, 0.717) is 6.42 Å². The minimum absolute atomic E-state index is 0. The van der Waals surface area contributed by atoms with E-state index in [1.165, 1.54) is 12.8 Å². The Balaban J connectivity index is 0.00000208. The number of ether oxygens (including phenoxy) is 1. The maximum absolute atomic E-state index is 12.4. The second kappa shape index (κ2) is 8.45. The van der Waals surface area contributed by atoms with Gasteiger partial charge in [-0.2, -0.15) is 11.8 Å². The normalized spacial score (nSPS) is 22.2. The first-order valence-electron chi connectivity index (χ1n) is 8.46. The van der Waals surface area contributed by atoms with Crippen LogP contribution in [0, 0.1) is 0 Å². The van der Waals surface area contributed by atoms with E-state index >= 15 is 0 Å². The van der Waals surface area contributed by atoms with Gasteiger partial charge in [-0.05, 0) is 50.2 Å². The fourth-order valence-corrected chi connectivity index (χ4v) is 4.22. The molecule has 0 aromatic heterocycles. The average molecular weight is 371 g/mol. The number of rotatable bonds is 5. The summed E-state index contributed by atoms with van der Waals surface area (Å²) in [6, 6.07) is 7.64. The van der Waals surface area contributed by atoms with Gasteiger partial charge in [0.15, 0.2) is 0 Å². The number of hydrogen-bond acceptors (Lipinski definition) is 4. The van der Waals surface area contributed by atoms with Gasteiger partial charge in [0.25, 0.3) is 0 Å². The first-order valence-corrected chi connectivity index (χ1v) is 9.86. The molecule has 0 bridgehead atoms. The molecule has 1 fully saturated rings. The Labute approximate surface area is 154 Å². The van der Waals surface area contributed by atoms with Crippen molar-refractivity contribution in [2.75, 3.05) is 12.0 Å². The first-order chi connectivity index (χ1) is 11.1. The second-order valence-electron chi connectivity index (χ2n) is 6.68. The number of nitrogens with two attached hydrogens (primary N) is 1. The smallest absolute Gasteiger partial charge is 0.237 e. The van der Waals surface area contributed by atoms with Gasteiger partial charge >= 0.3 is 0 Å². The average Bonchev–Trinajstić information content (AvgIpc) is 3.00. The second-order valence-corrected chi connectivity index (χ2v) is 7.67. The number of hydrogen-bond donors (Lipinski definition) is 2. The van der Waals surface area contributed by atoms with E-state index in [4.69, 9.17) is 10.5 Å². The van der Waals surface area contributed by atoms with Crippen molar-refractivity contribution in [1.82, 2.24) is 5.32 Å². The van der Waals surface area contributed by atoms with Crippen molar-refractivity contribution >= 4 is 30.1 Å². The number of thioether (sulfide) groups is 1. The SMILES string of the molecule is CSCC[C@H](N)C(=O)NC1CC2(CCCC2)Oc2ccccc21.Cl. The van der Waals surface area contributed by atoms with E-state index < -0.39 is 6.04 Å². The van der Waals surface area contributed by atoms with Gasteiger partial charge in [-0.25, -0.2) is 0 Å². The highest BCUT2D eigenvalue weighted by atomic mass is 35.5. The zero-order chi connectivity index (χ0) is 16.3. The number of halogens is 1. The van der Waals surface area contributed by atoms with E-state index in [1.807, 2.05) is 24.5 Å². The van der Waals surface area contributed by atoms with Gasteiger partial charge < -0.3 is 15.8 Å². The quantitative estimate of drug-likeness (QED) is 0.833. The molecule has 0 radical (unpaired) electrons. The maximum Gasteiger partial charge on any atom is 0.237 e. The van der Waals surface area contributed by atoms with Crippen LogP contribution < -0.4 is 15.8 Å². The zero-order valence-electron chi connectivity index (χ0n) is 14.1. The molecule has 6 heteroatoms. The lowest BCUT2D eigenvalue weighted by atomic mass is 9.85. The third-order valence-corrected chi connectivity index (χ3v) is 5.64. The van der Waals surface area contributed by atoms with Crippen LogP contribution in [-0.2, 0) is 4.79 Å². The Morgan fingerprint density at radius 2 is 2.12 bits per heavy atom. The van der Waals surface area contributed by atoms with Crippen LogP contribution in [-0.4, -0.2) is 29.6 Å². The Morgan fingerprint density at radius 1 is 1.42 bits per heavy atom. The maximum atomic E-state index is 12.4. The molecule has 2 atom stereocenters. The summed E-state index contributed by atoms with van der Waals surface area (Å²) in [5, 5.41) is 3.18. The molecule has 1 unspecified atom stereocenters. The molecule has 4 nitrogen and oxygen atoms in total. The van der Waals surface area contributed by atoms with Crippen molar-refractivity contribution in [3.8, 4) is 5.75 Å². The lowest BCUT2D eigenvalue weighted by Gasteiger charge is -2.40. The summed E-state index contributed by atoms with van der Waals surface area (Å²) in [5.41, 5.74) is 7.01. The summed E-state index contributed by atoms with van der Waals surface area (Å²) in [6.07, 6.45) is 8.15. The van der Waals surface area contributed by atoms with Crippen molar-refractivity contribution in [3.05, 3.63) is 29.8 Å². The molecule has 1 aliphatic heterocycles. The van der Waals surface area contributed by atoms with Crippen molar-refractivity contribution in [1.29, 1.82) is 0 Å². The summed E-state index contributed by atoms with van der Waals surface area (Å²) in [5.74, 6) is 1.78. The molecule has 1 aliphatic carbocycles. The van der Waals surface area contributed by atoms with Crippen molar-refractivity contribution < 1.29 is 9.53 Å². The fourth-order valence-electron chi connectivity index (χ4n) is 3.73. The molecule has 1 heterocycles. The van der Waals surface area contributed by atoms with Gasteiger partial charge in [-0.3, -0.25) is 4.79 Å². The van der Waals surface area contributed by atoms with Crippen LogP contribution in [0.1, 0.15) is 50.1 Å². The summed E-state index contributed by atoms with van der Waals surface area (Å²) in [4.78, 5) is 12.4. The molecule has 1 aromatic carbocycles. The van der Waals surface area contributed by atoms with E-state index in [0.717, 1.165) is 36.3 Å². The van der Waals surface area contributed by atoms with Crippen LogP contribution in [0.5, 0.6) is 5.75 Å². The number of carbonyl (C=O) groups excluding carboxylic acids is 1. The van der Waals surface area contributed by atoms with Gasteiger partial charge in [0.2, 0.25) is 5.91 Å². The highest BCUT2D eigenvalue weighted by molar-refractivity contribution is 7.98. The Morgan fingerprint density at radius 3 is 2.83 bits per heavy atom. The van der Waals surface area contributed by atoms with Crippen LogP contribution in [0.2, 0.25) is 0 Å². The molecule has 1 amide bonds. The van der Waals surface area contributed by atoms with Crippen LogP contribution in [0.3, 0.4) is 0 Å². The fraction of sp³-hybridized carbons (Fsp3) is 0.611. The molecule has 1 spiro atoms. The number of benzene rings is 1. The summed E-state index contributed by atoms with van der Waals surface area (Å²) >= 11 is 1.72. The van der Waals surface area contributed by atoms with Crippen LogP contribution in [0.4, 0.5) is 0 Å². The molecule has 24 heavy (non-hydrogen) atoms. The molecule has 134 valence electrons. The molecular weight excluding hydrogens is 344 g/mol. The predicted molar refractivity (Wildman–Crippen MR) is 102 cm³/mol. The lowest BCUT2D eigenvalue weighted by Crippen LogP contribution is -2.47. The van der Waals surface area contributed by atoms with Crippen LogP contribution in [0.15, 0.2) is 24.3 Å². The minimum atomic E-state index is -0.433. The molecular formula is C18H27ClN2O2S. The highest BCUT2D eigenvalue weighted by Gasteiger charge is 2.43. The third-order valence-electron chi connectivity index (χ3n) is 5.00. The number of amides is 1. The Hall–Kier alpha value is -0.910. The summed E-state index contributed by atoms with van der Waals surface area (Å²) in [6.45, 7) is 0. The number of para-hydroxylation sites is 1. The lowest BCUT2D eigenvalue weighted by molar-refractivity contribution is -0.123. The van der Waals surface area contributed by atoms with Crippen LogP contribution >= 0.6 is 24.2 Å². The van der Waals surface area contributed by atoms with Crippen LogP contribution in [0.25, 0.3) is 0 Å². The van der Waals surface area contributed by atoms with Gasteiger partial charge in [0, 0.05) is 12.0 Å². The minimum Gasteiger partial charge on any atom is -0.487 e. The topological polar surface area (TPSA) is 64.4 Å². The molecule has 1 aromatic rings. The monoisotopic (exact) mass is 370 g/mol. The summed E-state index contributed by atoms with van der Waals surface area (Å²) in [7, 11) is 0. The number of nitrogens with one attached hydrogen (secondary N) is 1. The van der Waals surface area contributed by atoms with Gasteiger partial charge in [-0.15, -0.1) is 12.4 Å². The Kier molecular flexibility index (Phi) is 6.84. The largest absolute Gasteiger partial charge is 0.487 e. The standard InChI is InChI=1S/C18H26N2O2S.ClH/c1-23-11-8-14(19)17(21)20-15-12-18(9-4-5-10-18)22-16-7-3-2-6-13(15)16;/h2-3,6-7,14-15H,4-5,8-12,19H2,1H3,(H,20,21);1H/t14-,15?;/m0./s1. The van der Waals surface area contributed by atoms with E-state index in [-0.39, 0.29) is 30.0 Å². The number of carbonyl (C=O) groups is 1. The van der Waals surface area contributed by atoms with E-state index in [2.05, 4.69) is 11.4 Å². The Bertz CT molecular complexity index is 564.